The summed E-state index contributed by atoms with van der Waals surface area (Å²) in [5, 5.41) is 0.477. The molecule has 5 rings (SSSR count). The van der Waals surface area contributed by atoms with E-state index < -0.39 is 0 Å². The number of hydrogen-bond donors (Lipinski definition) is 0. The summed E-state index contributed by atoms with van der Waals surface area (Å²) in [7, 11) is 1.59. The van der Waals surface area contributed by atoms with Crippen LogP contribution in [0.1, 0.15) is 24.2 Å². The first kappa shape index (κ1) is 19.9. The van der Waals surface area contributed by atoms with Gasteiger partial charge in [0.25, 0.3) is 0 Å². The molecule has 0 bridgehead atoms. The van der Waals surface area contributed by atoms with Crippen LogP contribution in [0.5, 0.6) is 23.0 Å². The number of ether oxygens (including phenoxy) is 4. The molecule has 1 fully saturated rings. The van der Waals surface area contributed by atoms with E-state index in [1.165, 1.54) is 0 Å². The maximum Gasteiger partial charge on any atom is 0.235 e. The Morgan fingerprint density at radius 1 is 1.19 bits per heavy atom. The first-order valence-electron chi connectivity index (χ1n) is 10.5. The molecule has 1 saturated heterocycles. The molecule has 1 unspecified atom stereocenters. The molecular weight excluding hydrogens is 398 g/mol. The second-order valence-electron chi connectivity index (χ2n) is 7.94. The first-order valence-corrected chi connectivity index (χ1v) is 10.5. The third kappa shape index (κ3) is 3.86. The summed E-state index contributed by atoms with van der Waals surface area (Å²) in [4.78, 5) is 15.5. The van der Waals surface area contributed by atoms with E-state index in [2.05, 4.69) is 4.90 Å². The van der Waals surface area contributed by atoms with Crippen LogP contribution in [0, 0.1) is 6.92 Å². The van der Waals surface area contributed by atoms with E-state index in [1.807, 2.05) is 18.2 Å². The number of benzene rings is 2. The second-order valence-corrected chi connectivity index (χ2v) is 7.94. The number of hydrogen-bond acceptors (Lipinski definition) is 7. The summed E-state index contributed by atoms with van der Waals surface area (Å²) >= 11 is 0. The third-order valence-corrected chi connectivity index (χ3v) is 5.77. The van der Waals surface area contributed by atoms with Crippen molar-refractivity contribution in [2.75, 3.05) is 27.0 Å². The van der Waals surface area contributed by atoms with E-state index >= 15 is 0 Å². The number of nitrogens with zero attached hydrogens (tertiary/aromatic N) is 1. The van der Waals surface area contributed by atoms with Crippen LogP contribution in [0.25, 0.3) is 11.0 Å². The van der Waals surface area contributed by atoms with Crippen molar-refractivity contribution in [1.82, 2.24) is 4.90 Å². The van der Waals surface area contributed by atoms with Gasteiger partial charge in [-0.05, 0) is 44.0 Å². The number of fused-ring (bicyclic) bond motifs is 3. The minimum Gasteiger partial charge on any atom is -0.497 e. The maximum absolute atomic E-state index is 13.3. The summed E-state index contributed by atoms with van der Waals surface area (Å²) in [5.74, 6) is 2.51. The van der Waals surface area contributed by atoms with Crippen LogP contribution in [0.4, 0.5) is 0 Å². The van der Waals surface area contributed by atoms with Gasteiger partial charge >= 0.3 is 0 Å². The number of methoxy groups -OCH3 is 1. The van der Waals surface area contributed by atoms with Crippen LogP contribution in [-0.4, -0.2) is 38.0 Å². The van der Waals surface area contributed by atoms with Gasteiger partial charge in [0.05, 0.1) is 24.2 Å². The molecule has 0 saturated carbocycles. The van der Waals surface area contributed by atoms with Gasteiger partial charge in [0.15, 0.2) is 0 Å². The van der Waals surface area contributed by atoms with Gasteiger partial charge in [-0.15, -0.1) is 0 Å². The molecule has 2 aliphatic heterocycles. The molecule has 0 spiro atoms. The Labute approximate surface area is 180 Å². The molecule has 0 aliphatic carbocycles. The minimum absolute atomic E-state index is 0.175. The van der Waals surface area contributed by atoms with E-state index in [1.54, 1.807) is 32.2 Å². The Balaban J connectivity index is 1.49. The fourth-order valence-corrected chi connectivity index (χ4v) is 4.20. The molecule has 162 valence electrons. The predicted octanol–water partition coefficient (Wildman–Crippen LogP) is 4.23. The van der Waals surface area contributed by atoms with Crippen LogP contribution >= 0.6 is 0 Å². The molecule has 7 heteroatoms. The van der Waals surface area contributed by atoms with E-state index in [4.69, 9.17) is 23.4 Å². The lowest BCUT2D eigenvalue weighted by molar-refractivity contribution is 0.0281. The summed E-state index contributed by atoms with van der Waals surface area (Å²) in [6.07, 6.45) is 2.40. The van der Waals surface area contributed by atoms with Gasteiger partial charge in [0.1, 0.15) is 35.3 Å². The van der Waals surface area contributed by atoms with E-state index in [0.29, 0.717) is 41.5 Å². The van der Waals surface area contributed by atoms with Crippen molar-refractivity contribution in [2.24, 2.45) is 0 Å². The third-order valence-electron chi connectivity index (χ3n) is 5.77. The van der Waals surface area contributed by atoms with Gasteiger partial charge in [0, 0.05) is 25.8 Å². The molecule has 0 N–H and O–H groups in total. The zero-order chi connectivity index (χ0) is 21.4. The van der Waals surface area contributed by atoms with E-state index in [0.717, 1.165) is 37.3 Å². The van der Waals surface area contributed by atoms with Crippen molar-refractivity contribution >= 4 is 11.0 Å². The Morgan fingerprint density at radius 3 is 2.87 bits per heavy atom. The molecule has 2 aliphatic rings. The lowest BCUT2D eigenvalue weighted by Gasteiger charge is -2.30. The summed E-state index contributed by atoms with van der Waals surface area (Å²) < 4.78 is 29.0. The van der Waals surface area contributed by atoms with Gasteiger partial charge < -0.3 is 23.4 Å². The number of rotatable bonds is 5. The fraction of sp³-hybridized carbons (Fsp3) is 0.375. The monoisotopic (exact) mass is 423 g/mol. The topological polar surface area (TPSA) is 70.4 Å². The molecular formula is C24H25NO6. The summed E-state index contributed by atoms with van der Waals surface area (Å²) in [6.45, 7) is 4.51. The SMILES string of the molecule is COc1cccc(Oc2c(C)oc3c4c(ccc3c2=O)OCN(CC2CCCO2)C4)c1. The lowest BCUT2D eigenvalue weighted by Crippen LogP contribution is -2.37. The standard InChI is InChI=1S/C24H25NO6/c1-15-23(31-17-6-3-5-16(11-17)27-2)22(26)19-8-9-21-20(24(19)30-15)13-25(14-29-21)12-18-7-4-10-28-18/h3,5-6,8-9,11,18H,4,7,10,12-14H2,1-2H3. The Morgan fingerprint density at radius 2 is 2.06 bits per heavy atom. The molecule has 2 aromatic carbocycles. The zero-order valence-electron chi connectivity index (χ0n) is 17.7. The van der Waals surface area contributed by atoms with Gasteiger partial charge in [-0.25, -0.2) is 0 Å². The van der Waals surface area contributed by atoms with Crippen LogP contribution in [0.15, 0.2) is 45.6 Å². The highest BCUT2D eigenvalue weighted by Gasteiger charge is 2.27. The van der Waals surface area contributed by atoms with Gasteiger partial charge in [-0.1, -0.05) is 6.07 Å². The van der Waals surface area contributed by atoms with Crippen molar-refractivity contribution in [3.05, 3.63) is 57.9 Å². The molecule has 1 atom stereocenters. The van der Waals surface area contributed by atoms with Crippen LogP contribution in [0.3, 0.4) is 0 Å². The van der Waals surface area contributed by atoms with Crippen molar-refractivity contribution in [1.29, 1.82) is 0 Å². The van der Waals surface area contributed by atoms with E-state index in [-0.39, 0.29) is 17.3 Å². The quantitative estimate of drug-likeness (QED) is 0.608. The first-order chi connectivity index (χ1) is 15.1. The molecule has 3 heterocycles. The van der Waals surface area contributed by atoms with Crippen LogP contribution in [0.2, 0.25) is 0 Å². The average Bonchev–Trinajstić information content (AvgIpc) is 3.30. The van der Waals surface area contributed by atoms with Gasteiger partial charge in [-0.2, -0.15) is 0 Å². The van der Waals surface area contributed by atoms with Crippen molar-refractivity contribution in [3.63, 3.8) is 0 Å². The average molecular weight is 423 g/mol. The summed E-state index contributed by atoms with van der Waals surface area (Å²) in [5.41, 5.74) is 1.23. The lowest BCUT2D eigenvalue weighted by atomic mass is 10.1. The Bertz CT molecular complexity index is 1160. The molecule has 0 radical (unpaired) electrons. The highest BCUT2D eigenvalue weighted by Crippen LogP contribution is 2.35. The van der Waals surface area contributed by atoms with Crippen molar-refractivity contribution < 1.29 is 23.4 Å². The highest BCUT2D eigenvalue weighted by molar-refractivity contribution is 5.83. The largest absolute Gasteiger partial charge is 0.497 e. The smallest absolute Gasteiger partial charge is 0.235 e. The normalized spacial score (nSPS) is 18.6. The highest BCUT2D eigenvalue weighted by atomic mass is 16.5. The van der Waals surface area contributed by atoms with Crippen LogP contribution < -0.4 is 19.6 Å². The predicted molar refractivity (Wildman–Crippen MR) is 115 cm³/mol. The molecule has 3 aromatic rings. The summed E-state index contributed by atoms with van der Waals surface area (Å²) in [6, 6.07) is 10.7. The molecule has 7 nitrogen and oxygen atoms in total. The minimum atomic E-state index is -0.208. The molecule has 0 amide bonds. The Hall–Kier alpha value is -3.03. The molecule has 31 heavy (non-hydrogen) atoms. The zero-order valence-corrected chi connectivity index (χ0v) is 17.7. The second kappa shape index (κ2) is 8.24. The maximum atomic E-state index is 13.3. The van der Waals surface area contributed by atoms with E-state index in [9.17, 15) is 4.79 Å². The Kier molecular flexibility index (Phi) is 5.29. The van der Waals surface area contributed by atoms with Crippen LogP contribution in [-0.2, 0) is 11.3 Å². The van der Waals surface area contributed by atoms with Crippen molar-refractivity contribution in [3.8, 4) is 23.0 Å². The van der Waals surface area contributed by atoms with Gasteiger partial charge in [-0.3, -0.25) is 9.69 Å². The molecule has 1 aromatic heterocycles. The number of aryl methyl sites for hydroxylation is 1. The fourth-order valence-electron chi connectivity index (χ4n) is 4.20. The van der Waals surface area contributed by atoms with Crippen molar-refractivity contribution in [2.45, 2.75) is 32.4 Å². The van der Waals surface area contributed by atoms with Gasteiger partial charge in [0.2, 0.25) is 11.2 Å².